The van der Waals surface area contributed by atoms with E-state index in [0.717, 1.165) is 22.8 Å². The molecule has 0 spiro atoms. The van der Waals surface area contributed by atoms with Gasteiger partial charge in [0.1, 0.15) is 5.78 Å². The molecule has 1 aromatic carbocycles. The third kappa shape index (κ3) is 2.72. The molecule has 0 amide bonds. The van der Waals surface area contributed by atoms with Crippen molar-refractivity contribution in [2.24, 2.45) is 16.7 Å². The molecule has 2 atom stereocenters. The van der Waals surface area contributed by atoms with Crippen molar-refractivity contribution in [2.45, 2.75) is 39.7 Å². The van der Waals surface area contributed by atoms with Gasteiger partial charge in [0, 0.05) is 43.2 Å². The summed E-state index contributed by atoms with van der Waals surface area (Å²) < 4.78 is 27.8. The highest BCUT2D eigenvalue weighted by Crippen LogP contribution is 2.64. The Morgan fingerprint density at radius 3 is 2.70 bits per heavy atom. The van der Waals surface area contributed by atoms with Crippen molar-refractivity contribution >= 4 is 26.6 Å². The fourth-order valence-electron chi connectivity index (χ4n) is 5.20. The van der Waals surface area contributed by atoms with Crippen molar-refractivity contribution in [2.75, 3.05) is 12.8 Å². The molecule has 5 nitrogen and oxygen atoms in total. The first-order valence-electron chi connectivity index (χ1n) is 9.46. The molecule has 1 heterocycles. The van der Waals surface area contributed by atoms with Crippen LogP contribution in [-0.2, 0) is 21.4 Å². The minimum Gasteiger partial charge on any atom is -0.299 e. The van der Waals surface area contributed by atoms with Gasteiger partial charge in [-0.1, -0.05) is 32.0 Å². The molecule has 27 heavy (non-hydrogen) atoms. The number of pyridine rings is 1. The lowest BCUT2D eigenvalue weighted by Gasteiger charge is -2.37. The Hall–Kier alpha value is -1.79. The first kappa shape index (κ1) is 18.6. The van der Waals surface area contributed by atoms with Crippen LogP contribution in [0.5, 0.6) is 0 Å². The normalized spacial score (nSPS) is 27.0. The third-order valence-corrected chi connectivity index (χ3v) is 9.14. The van der Waals surface area contributed by atoms with Crippen LogP contribution in [0.3, 0.4) is 0 Å². The van der Waals surface area contributed by atoms with E-state index in [-0.39, 0.29) is 23.5 Å². The maximum absolute atomic E-state index is 13.2. The van der Waals surface area contributed by atoms with E-state index in [0.29, 0.717) is 18.8 Å². The largest absolute Gasteiger partial charge is 0.299 e. The molecular weight excluding hydrogens is 360 g/mol. The molecule has 0 N–H and O–H groups in total. The van der Waals surface area contributed by atoms with Crippen LogP contribution in [0.4, 0.5) is 0 Å². The zero-order valence-electron chi connectivity index (χ0n) is 16.1. The van der Waals surface area contributed by atoms with Crippen LogP contribution >= 0.6 is 0 Å². The highest BCUT2D eigenvalue weighted by Gasteiger charge is 2.65. The molecule has 2 bridgehead atoms. The van der Waals surface area contributed by atoms with Crippen molar-refractivity contribution in [1.82, 2.24) is 9.29 Å². The van der Waals surface area contributed by atoms with Crippen LogP contribution in [0.25, 0.3) is 10.8 Å². The molecule has 0 unspecified atom stereocenters. The maximum atomic E-state index is 13.2. The van der Waals surface area contributed by atoms with E-state index in [1.165, 1.54) is 4.31 Å². The summed E-state index contributed by atoms with van der Waals surface area (Å²) in [6.45, 7) is 4.43. The number of ketones is 1. The van der Waals surface area contributed by atoms with E-state index < -0.39 is 15.4 Å². The maximum Gasteiger partial charge on any atom is 0.215 e. The van der Waals surface area contributed by atoms with Gasteiger partial charge in [-0.25, -0.2) is 12.7 Å². The zero-order chi connectivity index (χ0) is 19.4. The second-order valence-corrected chi connectivity index (χ2v) is 10.8. The number of benzene rings is 1. The summed E-state index contributed by atoms with van der Waals surface area (Å²) in [4.78, 5) is 16.8. The van der Waals surface area contributed by atoms with Crippen LogP contribution in [0.2, 0.25) is 0 Å². The second-order valence-electron chi connectivity index (χ2n) is 8.69. The van der Waals surface area contributed by atoms with Crippen molar-refractivity contribution in [3.63, 3.8) is 0 Å². The molecule has 6 heteroatoms. The topological polar surface area (TPSA) is 67.3 Å². The predicted molar refractivity (Wildman–Crippen MR) is 106 cm³/mol. The van der Waals surface area contributed by atoms with Gasteiger partial charge in [-0.05, 0) is 41.2 Å². The van der Waals surface area contributed by atoms with Gasteiger partial charge in [0.05, 0.1) is 5.75 Å². The minimum absolute atomic E-state index is 0.0782. The fourth-order valence-corrected chi connectivity index (χ4v) is 7.05. The number of rotatable bonds is 5. The van der Waals surface area contributed by atoms with E-state index in [4.69, 9.17) is 0 Å². The van der Waals surface area contributed by atoms with Crippen LogP contribution in [-0.4, -0.2) is 36.3 Å². The van der Waals surface area contributed by atoms with Gasteiger partial charge in [0.15, 0.2) is 0 Å². The van der Waals surface area contributed by atoms with Gasteiger partial charge >= 0.3 is 0 Å². The fraction of sp³-hybridized carbons (Fsp3) is 0.524. The molecule has 0 saturated heterocycles. The van der Waals surface area contributed by atoms with E-state index in [1.807, 2.05) is 24.3 Å². The number of fused-ring (bicyclic) bond motifs is 3. The van der Waals surface area contributed by atoms with Crippen molar-refractivity contribution in [1.29, 1.82) is 0 Å². The molecule has 2 aromatic rings. The predicted octanol–water partition coefficient (Wildman–Crippen LogP) is 3.39. The average molecular weight is 387 g/mol. The highest BCUT2D eigenvalue weighted by molar-refractivity contribution is 7.89. The molecular formula is C21H26N2O3S. The third-order valence-electron chi connectivity index (χ3n) is 7.21. The summed E-state index contributed by atoms with van der Waals surface area (Å²) in [5, 5.41) is 2.00. The second kappa shape index (κ2) is 6.11. The van der Waals surface area contributed by atoms with E-state index in [2.05, 4.69) is 18.8 Å². The number of carbonyl (C=O) groups is 1. The summed E-state index contributed by atoms with van der Waals surface area (Å²) in [5.41, 5.74) is -0.0314. The summed E-state index contributed by atoms with van der Waals surface area (Å²) in [7, 11) is -1.95. The van der Waals surface area contributed by atoms with Crippen LogP contribution in [0, 0.1) is 16.7 Å². The Kier molecular flexibility index (Phi) is 4.20. The number of nitrogens with zero attached hydrogens (tertiary/aromatic N) is 2. The standard InChI is InChI=1S/C21H26N2O3S/c1-20(2)17-7-9-21(20,19(24)11-17)14-27(25,26)23(3)13-16-6-4-5-15-12-22-10-8-18(15)16/h4-6,8,10,12,17H,7,9,11,13-14H2,1-3H3/t17-,21-/m1/s1. The number of sulfonamides is 1. The summed E-state index contributed by atoms with van der Waals surface area (Å²) >= 11 is 0. The quantitative estimate of drug-likeness (QED) is 0.790. The lowest BCUT2D eigenvalue weighted by Crippen LogP contribution is -2.45. The molecule has 0 aliphatic heterocycles. The van der Waals surface area contributed by atoms with Crippen LogP contribution < -0.4 is 0 Å². The van der Waals surface area contributed by atoms with Gasteiger partial charge in [-0.15, -0.1) is 0 Å². The summed E-state index contributed by atoms with van der Waals surface area (Å²) in [6.07, 6.45) is 5.68. The van der Waals surface area contributed by atoms with Crippen LogP contribution in [0.15, 0.2) is 36.7 Å². The Bertz CT molecular complexity index is 1010. The lowest BCUT2D eigenvalue weighted by molar-refractivity contribution is -0.128. The van der Waals surface area contributed by atoms with Gasteiger partial charge in [-0.3, -0.25) is 9.78 Å². The van der Waals surface area contributed by atoms with E-state index >= 15 is 0 Å². The molecule has 4 rings (SSSR count). The number of aromatic nitrogens is 1. The Morgan fingerprint density at radius 2 is 2.04 bits per heavy atom. The zero-order valence-corrected chi connectivity index (χ0v) is 16.9. The molecule has 2 fully saturated rings. The van der Waals surface area contributed by atoms with Gasteiger partial charge in [-0.2, -0.15) is 0 Å². The van der Waals surface area contributed by atoms with Gasteiger partial charge in [0.2, 0.25) is 10.0 Å². The smallest absolute Gasteiger partial charge is 0.215 e. The highest BCUT2D eigenvalue weighted by atomic mass is 32.2. The first-order chi connectivity index (χ1) is 12.7. The number of carbonyl (C=O) groups excluding carboxylic acids is 1. The molecule has 2 aliphatic rings. The Balaban J connectivity index is 1.62. The van der Waals surface area contributed by atoms with Crippen molar-refractivity contribution in [3.8, 4) is 0 Å². The number of hydrogen-bond donors (Lipinski definition) is 0. The van der Waals surface area contributed by atoms with Crippen LogP contribution in [0.1, 0.15) is 38.7 Å². The Morgan fingerprint density at radius 1 is 1.26 bits per heavy atom. The molecule has 144 valence electrons. The molecule has 2 saturated carbocycles. The molecule has 0 radical (unpaired) electrons. The van der Waals surface area contributed by atoms with E-state index in [9.17, 15) is 13.2 Å². The van der Waals surface area contributed by atoms with Crippen molar-refractivity contribution < 1.29 is 13.2 Å². The van der Waals surface area contributed by atoms with E-state index in [1.54, 1.807) is 19.4 Å². The lowest BCUT2D eigenvalue weighted by atomic mass is 9.70. The first-order valence-corrected chi connectivity index (χ1v) is 11.1. The number of Topliss-reactive ketones (excluding diaryl/α,β-unsaturated/α-hetero) is 1. The number of hydrogen-bond acceptors (Lipinski definition) is 4. The molecule has 1 aromatic heterocycles. The molecule has 2 aliphatic carbocycles. The SMILES string of the molecule is CN(Cc1cccc2cnccc12)S(=O)(=O)C[C@]12CC[C@H](CC1=O)C2(C)C. The summed E-state index contributed by atoms with van der Waals surface area (Å²) in [6, 6.07) is 7.75. The summed E-state index contributed by atoms with van der Waals surface area (Å²) in [5.74, 6) is 0.374. The monoisotopic (exact) mass is 386 g/mol. The van der Waals surface area contributed by atoms with Crippen molar-refractivity contribution in [3.05, 3.63) is 42.2 Å². The average Bonchev–Trinajstić information content (AvgIpc) is 2.96. The Labute approximate surface area is 160 Å². The minimum atomic E-state index is -3.56. The van der Waals surface area contributed by atoms with Gasteiger partial charge in [0.25, 0.3) is 0 Å². The van der Waals surface area contributed by atoms with Gasteiger partial charge < -0.3 is 0 Å².